The Morgan fingerprint density at radius 2 is 2.25 bits per heavy atom. The van der Waals surface area contributed by atoms with Crippen molar-refractivity contribution in [1.82, 2.24) is 10.6 Å². The molecule has 9 heteroatoms. The van der Waals surface area contributed by atoms with E-state index in [0.29, 0.717) is 0 Å². The molecule has 0 spiro atoms. The van der Waals surface area contributed by atoms with E-state index in [-0.39, 0.29) is 5.70 Å². The summed E-state index contributed by atoms with van der Waals surface area (Å²) in [5, 5.41) is 11.8. The van der Waals surface area contributed by atoms with Gasteiger partial charge in [0.15, 0.2) is 0 Å². The van der Waals surface area contributed by atoms with E-state index in [0.717, 1.165) is 12.3 Å². The van der Waals surface area contributed by atoms with Gasteiger partial charge in [0.2, 0.25) is 0 Å². The lowest BCUT2D eigenvalue weighted by molar-refractivity contribution is -0.303. The number of hydrogen-bond donors (Lipinski definition) is 3. The van der Waals surface area contributed by atoms with Crippen molar-refractivity contribution in [3.05, 3.63) is 23.7 Å². The van der Waals surface area contributed by atoms with Gasteiger partial charge in [-0.1, -0.05) is 5.22 Å². The van der Waals surface area contributed by atoms with Crippen molar-refractivity contribution >= 4 is 0 Å². The number of nitrogens with zero attached hydrogens (tertiary/aromatic N) is 2. The van der Waals surface area contributed by atoms with Crippen molar-refractivity contribution in [2.24, 2.45) is 16.2 Å². The first-order chi connectivity index (χ1) is 7.46. The Kier molecular flexibility index (Phi) is 3.72. The normalized spacial score (nSPS) is 21.4. The van der Waals surface area contributed by atoms with E-state index in [1.807, 2.05) is 0 Å². The third-order valence-corrected chi connectivity index (χ3v) is 1.67. The van der Waals surface area contributed by atoms with Crippen LogP contribution in [-0.4, -0.2) is 19.6 Å². The van der Waals surface area contributed by atoms with Crippen molar-refractivity contribution in [3.63, 3.8) is 0 Å². The molecule has 0 aromatic heterocycles. The Bertz CT molecular complexity index is 335. The molecule has 0 fully saturated rings. The molecule has 1 rings (SSSR count). The highest BCUT2D eigenvalue weighted by atomic mass is 19.4. The molecular weight excluding hydrogens is 227 g/mol. The minimum absolute atomic E-state index is 0.187. The summed E-state index contributed by atoms with van der Waals surface area (Å²) in [7, 11) is 1.60. The highest BCUT2D eigenvalue weighted by molar-refractivity contribution is 5.25. The predicted octanol–water partition coefficient (Wildman–Crippen LogP) is 0.723. The number of alkyl halides is 3. The second-order valence-electron chi connectivity index (χ2n) is 2.77. The molecule has 0 aromatic rings. The van der Waals surface area contributed by atoms with E-state index in [9.17, 15) is 13.2 Å². The number of nitrogens with two attached hydrogens (primary N) is 1. The van der Waals surface area contributed by atoms with Crippen LogP contribution in [0.2, 0.25) is 0 Å². The predicted molar refractivity (Wildman–Crippen MR) is 48.3 cm³/mol. The fourth-order valence-electron chi connectivity index (χ4n) is 1.10. The van der Waals surface area contributed by atoms with E-state index >= 15 is 0 Å². The maximum atomic E-state index is 11.9. The quantitative estimate of drug-likeness (QED) is 0.383. The molecule has 0 saturated carbocycles. The summed E-state index contributed by atoms with van der Waals surface area (Å²) in [6.45, 7) is 0. The number of rotatable bonds is 3. The zero-order chi connectivity index (χ0) is 12.2. The molecule has 1 atom stereocenters. The summed E-state index contributed by atoms with van der Waals surface area (Å²) in [5.41, 5.74) is 0.187. The Morgan fingerprint density at radius 3 is 2.75 bits per heavy atom. The first kappa shape index (κ1) is 12.3. The summed E-state index contributed by atoms with van der Waals surface area (Å²) >= 11 is 0. The second kappa shape index (κ2) is 4.84. The molecule has 1 aliphatic heterocycles. The fraction of sp³-hybridized carbons (Fsp3) is 0.429. The van der Waals surface area contributed by atoms with Gasteiger partial charge in [-0.05, 0) is 7.05 Å². The lowest BCUT2D eigenvalue weighted by Gasteiger charge is -2.22. The van der Waals surface area contributed by atoms with Crippen molar-refractivity contribution in [1.29, 1.82) is 0 Å². The highest BCUT2D eigenvalue weighted by Crippen LogP contribution is 2.23. The maximum Gasteiger partial charge on any atom is 0.573 e. The van der Waals surface area contributed by atoms with Gasteiger partial charge in [0.25, 0.3) is 0 Å². The Hall–Kier alpha value is -1.77. The standard InChI is InChI=1S/C7H10F3N5O/c1-12-6-5(14-15-11)2-4(3-13-6)16-7(8,9)10/h2-3,6,12-13H,1H3,(H2,11,14). The highest BCUT2D eigenvalue weighted by Gasteiger charge is 2.32. The third kappa shape index (κ3) is 3.42. The van der Waals surface area contributed by atoms with Crippen LogP contribution in [0.1, 0.15) is 0 Å². The number of likely N-dealkylation sites (N-methyl/N-ethyl adjacent to an activating group) is 1. The van der Waals surface area contributed by atoms with E-state index in [2.05, 4.69) is 25.7 Å². The summed E-state index contributed by atoms with van der Waals surface area (Å²) in [6, 6.07) is 0. The summed E-state index contributed by atoms with van der Waals surface area (Å²) < 4.78 is 39.5. The van der Waals surface area contributed by atoms with Crippen LogP contribution in [0.4, 0.5) is 13.2 Å². The van der Waals surface area contributed by atoms with Crippen LogP contribution in [0.3, 0.4) is 0 Å². The molecular formula is C7H10F3N5O. The van der Waals surface area contributed by atoms with Crippen LogP contribution in [0.5, 0.6) is 0 Å². The van der Waals surface area contributed by atoms with Crippen molar-refractivity contribution in [2.75, 3.05) is 7.05 Å². The van der Waals surface area contributed by atoms with Crippen LogP contribution in [0.25, 0.3) is 0 Å². The molecule has 1 unspecified atom stereocenters. The van der Waals surface area contributed by atoms with Gasteiger partial charge in [-0.25, -0.2) is 0 Å². The topological polar surface area (TPSA) is 84.0 Å². The SMILES string of the molecule is CNC1NC=C(OC(F)(F)F)C=C1N=NN. The third-order valence-electron chi connectivity index (χ3n) is 1.67. The van der Waals surface area contributed by atoms with Crippen LogP contribution in [-0.2, 0) is 4.74 Å². The Balaban J connectivity index is 2.81. The van der Waals surface area contributed by atoms with Gasteiger partial charge in [0.05, 0.1) is 0 Å². The van der Waals surface area contributed by atoms with Crippen LogP contribution >= 0.6 is 0 Å². The minimum Gasteiger partial charge on any atom is -0.404 e. The number of nitrogens with one attached hydrogen (secondary N) is 2. The van der Waals surface area contributed by atoms with E-state index in [1.165, 1.54) is 0 Å². The zero-order valence-electron chi connectivity index (χ0n) is 8.25. The second-order valence-corrected chi connectivity index (χ2v) is 2.77. The molecule has 0 saturated heterocycles. The summed E-state index contributed by atoms with van der Waals surface area (Å²) in [4.78, 5) is 0. The van der Waals surface area contributed by atoms with E-state index in [1.54, 1.807) is 7.05 Å². The number of ether oxygens (including phenoxy) is 1. The molecule has 0 amide bonds. The maximum absolute atomic E-state index is 11.9. The molecule has 0 radical (unpaired) electrons. The summed E-state index contributed by atoms with van der Waals surface area (Å²) in [5.74, 6) is 4.41. The van der Waals surface area contributed by atoms with Gasteiger partial charge in [0.1, 0.15) is 17.6 Å². The first-order valence-corrected chi connectivity index (χ1v) is 4.18. The first-order valence-electron chi connectivity index (χ1n) is 4.18. The number of allylic oxidation sites excluding steroid dienone is 1. The minimum atomic E-state index is -4.75. The van der Waals surface area contributed by atoms with Crippen LogP contribution in [0.15, 0.2) is 34.1 Å². The number of hydrogen-bond acceptors (Lipinski definition) is 5. The van der Waals surface area contributed by atoms with Gasteiger partial charge >= 0.3 is 6.36 Å². The molecule has 90 valence electrons. The molecule has 16 heavy (non-hydrogen) atoms. The molecule has 0 aromatic carbocycles. The van der Waals surface area contributed by atoms with Gasteiger partial charge in [-0.2, -0.15) is 0 Å². The Morgan fingerprint density at radius 1 is 1.56 bits per heavy atom. The summed E-state index contributed by atoms with van der Waals surface area (Å²) in [6.07, 6.45) is -3.06. The van der Waals surface area contributed by atoms with Crippen molar-refractivity contribution in [3.8, 4) is 0 Å². The number of dihydropyridines is 1. The van der Waals surface area contributed by atoms with Gasteiger partial charge < -0.3 is 15.9 Å². The van der Waals surface area contributed by atoms with Crippen LogP contribution in [0, 0.1) is 0 Å². The van der Waals surface area contributed by atoms with Gasteiger partial charge in [-0.15, -0.1) is 18.3 Å². The molecule has 6 nitrogen and oxygen atoms in total. The molecule has 0 aliphatic carbocycles. The van der Waals surface area contributed by atoms with E-state index < -0.39 is 18.3 Å². The lowest BCUT2D eigenvalue weighted by Crippen LogP contribution is -2.40. The molecule has 1 heterocycles. The average Bonchev–Trinajstić information content (AvgIpc) is 2.16. The lowest BCUT2D eigenvalue weighted by atomic mass is 10.2. The Labute approximate surface area is 89.0 Å². The fourth-order valence-corrected chi connectivity index (χ4v) is 1.10. The molecule has 4 N–H and O–H groups in total. The monoisotopic (exact) mass is 237 g/mol. The smallest absolute Gasteiger partial charge is 0.404 e. The van der Waals surface area contributed by atoms with Crippen molar-refractivity contribution < 1.29 is 17.9 Å². The molecule has 1 aliphatic rings. The average molecular weight is 237 g/mol. The van der Waals surface area contributed by atoms with Gasteiger partial charge in [0, 0.05) is 12.3 Å². The molecule has 0 bridgehead atoms. The number of halogens is 3. The van der Waals surface area contributed by atoms with Crippen molar-refractivity contribution in [2.45, 2.75) is 12.5 Å². The zero-order valence-corrected chi connectivity index (χ0v) is 8.25. The van der Waals surface area contributed by atoms with Gasteiger partial charge in [-0.3, -0.25) is 5.32 Å². The van der Waals surface area contributed by atoms with E-state index in [4.69, 9.17) is 5.84 Å². The largest absolute Gasteiger partial charge is 0.573 e. The van der Waals surface area contributed by atoms with Crippen LogP contribution < -0.4 is 16.5 Å².